The molecule has 5 nitrogen and oxygen atoms in total. The molecular weight excluding hydrogens is 230 g/mol. The largest absolute Gasteiger partial charge is 0.348 e. The SMILES string of the molecule is CC(C)CNC(=O)C(=O)N/N=C/c1ccccc1. The Bertz CT molecular complexity index is 427. The van der Waals surface area contributed by atoms with Crippen molar-refractivity contribution in [3.8, 4) is 0 Å². The molecule has 5 heteroatoms. The van der Waals surface area contributed by atoms with Crippen LogP contribution in [0.1, 0.15) is 19.4 Å². The molecule has 18 heavy (non-hydrogen) atoms. The van der Waals surface area contributed by atoms with Gasteiger partial charge in [0, 0.05) is 6.54 Å². The lowest BCUT2D eigenvalue weighted by atomic mass is 10.2. The van der Waals surface area contributed by atoms with Gasteiger partial charge in [-0.1, -0.05) is 44.2 Å². The minimum atomic E-state index is -0.761. The molecule has 0 fully saturated rings. The molecule has 0 radical (unpaired) electrons. The highest BCUT2D eigenvalue weighted by atomic mass is 16.2. The minimum Gasteiger partial charge on any atom is -0.348 e. The van der Waals surface area contributed by atoms with Gasteiger partial charge in [-0.05, 0) is 11.5 Å². The zero-order chi connectivity index (χ0) is 13.4. The standard InChI is InChI=1S/C13H17N3O2/c1-10(2)8-14-12(17)13(18)16-15-9-11-6-4-3-5-7-11/h3-7,9-10H,8H2,1-2H3,(H,14,17)(H,16,18)/b15-9+. The van der Waals surface area contributed by atoms with Crippen molar-refractivity contribution in [3.63, 3.8) is 0 Å². The van der Waals surface area contributed by atoms with Crippen molar-refractivity contribution < 1.29 is 9.59 Å². The molecule has 1 aromatic rings. The summed E-state index contributed by atoms with van der Waals surface area (Å²) in [6, 6.07) is 9.29. The Kier molecular flexibility index (Phi) is 5.57. The van der Waals surface area contributed by atoms with Crippen molar-refractivity contribution in [2.24, 2.45) is 11.0 Å². The second-order valence-corrected chi connectivity index (χ2v) is 4.21. The maximum absolute atomic E-state index is 11.3. The maximum Gasteiger partial charge on any atom is 0.329 e. The number of hydrogen-bond donors (Lipinski definition) is 2. The van der Waals surface area contributed by atoms with E-state index in [0.29, 0.717) is 12.5 Å². The molecule has 0 saturated heterocycles. The molecule has 0 unspecified atom stereocenters. The molecule has 1 aromatic carbocycles. The average molecular weight is 247 g/mol. The fraction of sp³-hybridized carbons (Fsp3) is 0.308. The molecule has 2 amide bonds. The summed E-state index contributed by atoms with van der Waals surface area (Å²) in [6.45, 7) is 4.37. The Morgan fingerprint density at radius 1 is 1.22 bits per heavy atom. The molecule has 0 aliphatic heterocycles. The zero-order valence-corrected chi connectivity index (χ0v) is 10.5. The van der Waals surface area contributed by atoms with E-state index in [1.807, 2.05) is 44.2 Å². The Labute approximate surface area is 106 Å². The molecule has 0 saturated carbocycles. The van der Waals surface area contributed by atoms with Crippen molar-refractivity contribution in [1.29, 1.82) is 0 Å². The van der Waals surface area contributed by atoms with E-state index in [2.05, 4.69) is 15.8 Å². The second kappa shape index (κ2) is 7.21. The number of carbonyl (C=O) groups excluding carboxylic acids is 2. The van der Waals surface area contributed by atoms with E-state index in [1.165, 1.54) is 6.21 Å². The Morgan fingerprint density at radius 3 is 2.50 bits per heavy atom. The van der Waals surface area contributed by atoms with Crippen molar-refractivity contribution in [1.82, 2.24) is 10.7 Å². The van der Waals surface area contributed by atoms with Crippen LogP contribution >= 0.6 is 0 Å². The number of rotatable bonds is 4. The number of nitrogens with one attached hydrogen (secondary N) is 2. The number of carbonyl (C=O) groups is 2. The van der Waals surface area contributed by atoms with Crippen molar-refractivity contribution >= 4 is 18.0 Å². The van der Waals surface area contributed by atoms with Gasteiger partial charge in [0.15, 0.2) is 0 Å². The van der Waals surface area contributed by atoms with Crippen molar-refractivity contribution in [2.75, 3.05) is 6.54 Å². The predicted molar refractivity (Wildman–Crippen MR) is 70.0 cm³/mol. The Hall–Kier alpha value is -2.17. The molecule has 2 N–H and O–H groups in total. The van der Waals surface area contributed by atoms with E-state index in [1.54, 1.807) is 0 Å². The summed E-state index contributed by atoms with van der Waals surface area (Å²) < 4.78 is 0. The van der Waals surface area contributed by atoms with Gasteiger partial charge >= 0.3 is 11.8 Å². The van der Waals surface area contributed by atoms with Crippen LogP contribution < -0.4 is 10.7 Å². The van der Waals surface area contributed by atoms with Crippen LogP contribution in [0.25, 0.3) is 0 Å². The molecule has 1 rings (SSSR count). The third-order valence-corrected chi connectivity index (χ3v) is 2.06. The quantitative estimate of drug-likeness (QED) is 0.471. The Morgan fingerprint density at radius 2 is 1.89 bits per heavy atom. The topological polar surface area (TPSA) is 70.6 Å². The normalized spacial score (nSPS) is 10.6. The fourth-order valence-electron chi connectivity index (χ4n) is 1.13. The fourth-order valence-corrected chi connectivity index (χ4v) is 1.13. The summed E-state index contributed by atoms with van der Waals surface area (Å²) in [6.07, 6.45) is 1.48. The van der Waals surface area contributed by atoms with Gasteiger partial charge in [0.2, 0.25) is 0 Å². The van der Waals surface area contributed by atoms with Gasteiger partial charge < -0.3 is 5.32 Å². The summed E-state index contributed by atoms with van der Waals surface area (Å²) in [5, 5.41) is 6.21. The Balaban J connectivity index is 2.37. The molecule has 0 heterocycles. The lowest BCUT2D eigenvalue weighted by Gasteiger charge is -2.05. The number of nitrogens with zero attached hydrogens (tertiary/aromatic N) is 1. The maximum atomic E-state index is 11.3. The minimum absolute atomic E-state index is 0.301. The van der Waals surface area contributed by atoms with Gasteiger partial charge in [-0.15, -0.1) is 0 Å². The van der Waals surface area contributed by atoms with Gasteiger partial charge in [-0.2, -0.15) is 5.10 Å². The molecule has 0 atom stereocenters. The average Bonchev–Trinajstić information content (AvgIpc) is 2.37. The molecule has 0 aliphatic carbocycles. The third-order valence-electron chi connectivity index (χ3n) is 2.06. The number of benzene rings is 1. The van der Waals surface area contributed by atoms with Crippen LogP contribution in [0.5, 0.6) is 0 Å². The number of hydrazone groups is 1. The van der Waals surface area contributed by atoms with E-state index in [-0.39, 0.29) is 0 Å². The predicted octanol–water partition coefficient (Wildman–Crippen LogP) is 0.909. The first-order valence-corrected chi connectivity index (χ1v) is 5.76. The zero-order valence-electron chi connectivity index (χ0n) is 10.5. The van der Waals surface area contributed by atoms with Crippen LogP contribution in [0.3, 0.4) is 0 Å². The van der Waals surface area contributed by atoms with Crippen LogP contribution in [-0.2, 0) is 9.59 Å². The summed E-state index contributed by atoms with van der Waals surface area (Å²) in [5.41, 5.74) is 3.02. The highest BCUT2D eigenvalue weighted by Gasteiger charge is 2.11. The first-order valence-electron chi connectivity index (χ1n) is 5.76. The molecule has 0 aliphatic rings. The van der Waals surface area contributed by atoms with Crippen LogP contribution in [0.4, 0.5) is 0 Å². The number of amides is 2. The lowest BCUT2D eigenvalue weighted by molar-refractivity contribution is -0.139. The highest BCUT2D eigenvalue weighted by Crippen LogP contribution is 1.93. The molecule has 0 aromatic heterocycles. The van der Waals surface area contributed by atoms with E-state index < -0.39 is 11.8 Å². The van der Waals surface area contributed by atoms with Gasteiger partial charge in [-0.25, -0.2) is 5.43 Å². The monoisotopic (exact) mass is 247 g/mol. The summed E-state index contributed by atoms with van der Waals surface area (Å²) in [7, 11) is 0. The van der Waals surface area contributed by atoms with Crippen LogP contribution in [-0.4, -0.2) is 24.6 Å². The summed E-state index contributed by atoms with van der Waals surface area (Å²) >= 11 is 0. The van der Waals surface area contributed by atoms with Gasteiger partial charge in [0.05, 0.1) is 6.21 Å². The van der Waals surface area contributed by atoms with Crippen molar-refractivity contribution in [3.05, 3.63) is 35.9 Å². The molecule has 96 valence electrons. The van der Waals surface area contributed by atoms with E-state index >= 15 is 0 Å². The van der Waals surface area contributed by atoms with Crippen LogP contribution in [0.15, 0.2) is 35.4 Å². The van der Waals surface area contributed by atoms with E-state index in [9.17, 15) is 9.59 Å². The smallest absolute Gasteiger partial charge is 0.329 e. The first-order chi connectivity index (χ1) is 8.59. The second-order valence-electron chi connectivity index (χ2n) is 4.21. The molecule has 0 bridgehead atoms. The highest BCUT2D eigenvalue weighted by molar-refractivity contribution is 6.35. The van der Waals surface area contributed by atoms with Gasteiger partial charge in [0.25, 0.3) is 0 Å². The van der Waals surface area contributed by atoms with Gasteiger partial charge in [-0.3, -0.25) is 9.59 Å². The van der Waals surface area contributed by atoms with Crippen LogP contribution in [0.2, 0.25) is 0 Å². The number of hydrogen-bond acceptors (Lipinski definition) is 3. The summed E-state index contributed by atoms with van der Waals surface area (Å²) in [5.74, 6) is -1.13. The van der Waals surface area contributed by atoms with Crippen LogP contribution in [0, 0.1) is 5.92 Å². The van der Waals surface area contributed by atoms with Gasteiger partial charge in [0.1, 0.15) is 0 Å². The first kappa shape index (κ1) is 13.9. The summed E-state index contributed by atoms with van der Waals surface area (Å²) in [4.78, 5) is 22.6. The lowest BCUT2D eigenvalue weighted by Crippen LogP contribution is -2.39. The van der Waals surface area contributed by atoms with E-state index in [0.717, 1.165) is 5.56 Å². The third kappa shape index (κ3) is 5.25. The molecule has 0 spiro atoms. The molecular formula is C13H17N3O2. The van der Waals surface area contributed by atoms with E-state index in [4.69, 9.17) is 0 Å². The van der Waals surface area contributed by atoms with Crippen molar-refractivity contribution in [2.45, 2.75) is 13.8 Å².